The van der Waals surface area contributed by atoms with Crippen LogP contribution in [0, 0.1) is 11.3 Å². The first-order valence-corrected chi connectivity index (χ1v) is 5.46. The lowest BCUT2D eigenvalue weighted by Gasteiger charge is -2.08. The molecular weight excluding hydrogens is 260 g/mol. The topological polar surface area (TPSA) is 136 Å². The average Bonchev–Trinajstić information content (AvgIpc) is 2.46. The van der Waals surface area contributed by atoms with E-state index in [-0.39, 0.29) is 22.5 Å². The van der Waals surface area contributed by atoms with Gasteiger partial charge in [0.15, 0.2) is 11.5 Å². The van der Waals surface area contributed by atoms with E-state index in [1.54, 1.807) is 0 Å². The smallest absolute Gasteiger partial charge is 0.181 e. The van der Waals surface area contributed by atoms with Gasteiger partial charge in [0.25, 0.3) is 0 Å². The van der Waals surface area contributed by atoms with E-state index in [1.165, 1.54) is 24.7 Å². The van der Waals surface area contributed by atoms with Crippen LogP contribution >= 0.6 is 0 Å². The molecule has 7 nitrogen and oxygen atoms in total. The molecule has 0 aliphatic heterocycles. The Kier molecular flexibility index (Phi) is 3.39. The molecule has 2 rings (SSSR count). The van der Waals surface area contributed by atoms with Crippen molar-refractivity contribution in [2.45, 2.75) is 0 Å². The molecule has 0 amide bonds. The summed E-state index contributed by atoms with van der Waals surface area (Å²) in [7, 11) is 0. The molecular formula is C13H10N4O3. The molecule has 20 heavy (non-hydrogen) atoms. The van der Waals surface area contributed by atoms with Gasteiger partial charge in [-0.1, -0.05) is 0 Å². The highest BCUT2D eigenvalue weighted by atomic mass is 16.3. The zero-order valence-corrected chi connectivity index (χ0v) is 10.1. The van der Waals surface area contributed by atoms with Crippen molar-refractivity contribution in [3.63, 3.8) is 0 Å². The van der Waals surface area contributed by atoms with E-state index in [4.69, 9.17) is 11.0 Å². The number of allylic oxidation sites excluding steroid dienone is 1. The SMILES string of the molecule is N#C/C(=C(/O)c1cc(N)c(O)c(O)c1)c1ccncn1. The minimum Gasteiger partial charge on any atom is -0.506 e. The van der Waals surface area contributed by atoms with Gasteiger partial charge in [0.2, 0.25) is 0 Å². The third-order valence-corrected chi connectivity index (χ3v) is 2.58. The van der Waals surface area contributed by atoms with Gasteiger partial charge >= 0.3 is 0 Å². The van der Waals surface area contributed by atoms with Gasteiger partial charge < -0.3 is 21.1 Å². The maximum atomic E-state index is 10.1. The minimum atomic E-state index is -0.494. The number of aliphatic hydroxyl groups excluding tert-OH is 1. The number of nitrogens with two attached hydrogens (primary N) is 1. The highest BCUT2D eigenvalue weighted by Gasteiger charge is 2.15. The predicted octanol–water partition coefficient (Wildman–Crippen LogP) is 1.42. The molecule has 100 valence electrons. The van der Waals surface area contributed by atoms with Gasteiger partial charge in [-0.05, 0) is 18.2 Å². The van der Waals surface area contributed by atoms with Crippen molar-refractivity contribution in [3.8, 4) is 17.6 Å². The Labute approximate surface area is 113 Å². The third-order valence-electron chi connectivity index (χ3n) is 2.58. The van der Waals surface area contributed by atoms with Crippen molar-refractivity contribution in [3.05, 3.63) is 42.0 Å². The number of aromatic nitrogens is 2. The van der Waals surface area contributed by atoms with E-state index < -0.39 is 17.3 Å². The van der Waals surface area contributed by atoms with Crippen LogP contribution in [0.1, 0.15) is 11.3 Å². The molecule has 0 aliphatic rings. The van der Waals surface area contributed by atoms with Gasteiger partial charge in [-0.3, -0.25) is 0 Å². The molecule has 0 fully saturated rings. The van der Waals surface area contributed by atoms with Crippen molar-refractivity contribution in [2.24, 2.45) is 0 Å². The molecule has 0 spiro atoms. The summed E-state index contributed by atoms with van der Waals surface area (Å²) in [4.78, 5) is 7.58. The normalized spacial score (nSPS) is 11.6. The molecule has 2 aromatic rings. The fourth-order valence-electron chi connectivity index (χ4n) is 1.59. The monoisotopic (exact) mass is 270 g/mol. The first kappa shape index (κ1) is 13.2. The van der Waals surface area contributed by atoms with Crippen LogP contribution < -0.4 is 5.73 Å². The van der Waals surface area contributed by atoms with Crippen LogP contribution in [0.3, 0.4) is 0 Å². The van der Waals surface area contributed by atoms with Crippen LogP contribution in [-0.4, -0.2) is 25.3 Å². The summed E-state index contributed by atoms with van der Waals surface area (Å²) >= 11 is 0. The standard InChI is InChI=1S/C13H10N4O3/c14-5-8(10-1-2-16-6-17-10)12(19)7-3-9(15)13(20)11(18)4-7/h1-4,6,18-20H,15H2/b12-8-. The number of rotatable bonds is 2. The van der Waals surface area contributed by atoms with Crippen molar-refractivity contribution < 1.29 is 15.3 Å². The molecule has 7 heteroatoms. The van der Waals surface area contributed by atoms with Crippen LogP contribution in [0.15, 0.2) is 30.7 Å². The first-order chi connectivity index (χ1) is 9.54. The number of phenols is 2. The molecule has 0 saturated heterocycles. The second-order valence-electron chi connectivity index (χ2n) is 3.86. The van der Waals surface area contributed by atoms with Crippen LogP contribution in [-0.2, 0) is 0 Å². The largest absolute Gasteiger partial charge is 0.506 e. The number of nitriles is 1. The van der Waals surface area contributed by atoms with Gasteiger partial charge in [0, 0.05) is 11.8 Å². The lowest BCUT2D eigenvalue weighted by Crippen LogP contribution is -1.95. The Bertz CT molecular complexity index is 697. The highest BCUT2D eigenvalue weighted by molar-refractivity contribution is 5.93. The fraction of sp³-hybridized carbons (Fsp3) is 0. The van der Waals surface area contributed by atoms with E-state index in [2.05, 4.69) is 9.97 Å². The minimum absolute atomic E-state index is 0.0907. The van der Waals surface area contributed by atoms with Crippen molar-refractivity contribution in [1.29, 1.82) is 5.26 Å². The number of aliphatic hydroxyl groups is 1. The van der Waals surface area contributed by atoms with Gasteiger partial charge in [0.05, 0.1) is 11.4 Å². The molecule has 0 unspecified atom stereocenters. The van der Waals surface area contributed by atoms with Gasteiger partial charge in [0.1, 0.15) is 23.7 Å². The summed E-state index contributed by atoms with van der Waals surface area (Å²) in [6, 6.07) is 5.62. The van der Waals surface area contributed by atoms with E-state index >= 15 is 0 Å². The van der Waals surface area contributed by atoms with Crippen LogP contribution in [0.25, 0.3) is 11.3 Å². The summed E-state index contributed by atoms with van der Waals surface area (Å²) in [6.07, 6.45) is 2.66. The summed E-state index contributed by atoms with van der Waals surface area (Å²) in [5.41, 5.74) is 5.59. The van der Waals surface area contributed by atoms with Gasteiger partial charge in [-0.15, -0.1) is 0 Å². The zero-order chi connectivity index (χ0) is 14.7. The van der Waals surface area contributed by atoms with E-state index in [0.29, 0.717) is 0 Å². The number of nitrogen functional groups attached to an aromatic ring is 1. The van der Waals surface area contributed by atoms with Crippen LogP contribution in [0.4, 0.5) is 5.69 Å². The number of anilines is 1. The maximum absolute atomic E-state index is 10.1. The number of phenolic OH excluding ortho intramolecular Hbond substituents is 2. The lowest BCUT2D eigenvalue weighted by molar-refractivity contribution is 0.405. The van der Waals surface area contributed by atoms with Gasteiger partial charge in [-0.25, -0.2) is 9.97 Å². The third kappa shape index (κ3) is 2.30. The molecule has 0 bridgehead atoms. The molecule has 0 radical (unpaired) electrons. The maximum Gasteiger partial charge on any atom is 0.181 e. The first-order valence-electron chi connectivity index (χ1n) is 5.46. The quantitative estimate of drug-likeness (QED) is 0.280. The average molecular weight is 270 g/mol. The number of benzene rings is 1. The Morgan fingerprint density at radius 3 is 2.60 bits per heavy atom. The Hall–Kier alpha value is -3.27. The number of hydrogen-bond acceptors (Lipinski definition) is 7. The molecule has 0 aliphatic carbocycles. The van der Waals surface area contributed by atoms with Crippen LogP contribution in [0.2, 0.25) is 0 Å². The predicted molar refractivity (Wildman–Crippen MR) is 71.3 cm³/mol. The Balaban J connectivity index is 2.61. The molecule has 5 N–H and O–H groups in total. The van der Waals surface area contributed by atoms with Crippen molar-refractivity contribution in [1.82, 2.24) is 9.97 Å². The Morgan fingerprint density at radius 2 is 2.05 bits per heavy atom. The Morgan fingerprint density at radius 1 is 1.30 bits per heavy atom. The molecule has 0 atom stereocenters. The molecule has 1 heterocycles. The second kappa shape index (κ2) is 5.16. The van der Waals surface area contributed by atoms with Crippen molar-refractivity contribution in [2.75, 3.05) is 5.73 Å². The van der Waals surface area contributed by atoms with E-state index in [9.17, 15) is 15.3 Å². The van der Waals surface area contributed by atoms with Crippen molar-refractivity contribution >= 4 is 17.0 Å². The number of aromatic hydroxyl groups is 2. The van der Waals surface area contributed by atoms with E-state index in [0.717, 1.165) is 6.07 Å². The van der Waals surface area contributed by atoms with Crippen LogP contribution in [0.5, 0.6) is 11.5 Å². The molecule has 0 saturated carbocycles. The number of nitrogens with zero attached hydrogens (tertiary/aromatic N) is 3. The zero-order valence-electron chi connectivity index (χ0n) is 10.1. The lowest BCUT2D eigenvalue weighted by atomic mass is 10.1. The number of hydrogen-bond donors (Lipinski definition) is 4. The fourth-order valence-corrected chi connectivity index (χ4v) is 1.59. The van der Waals surface area contributed by atoms with Gasteiger partial charge in [-0.2, -0.15) is 5.26 Å². The summed E-state index contributed by atoms with van der Waals surface area (Å²) in [6.45, 7) is 0. The second-order valence-corrected chi connectivity index (χ2v) is 3.86. The summed E-state index contributed by atoms with van der Waals surface area (Å²) in [5, 5.41) is 38.1. The molecule has 1 aromatic carbocycles. The summed E-state index contributed by atoms with van der Waals surface area (Å²) < 4.78 is 0. The van der Waals surface area contributed by atoms with E-state index in [1.807, 2.05) is 6.07 Å². The summed E-state index contributed by atoms with van der Waals surface area (Å²) in [5.74, 6) is -1.39. The molecule has 1 aromatic heterocycles. The highest BCUT2D eigenvalue weighted by Crippen LogP contribution is 2.35.